The van der Waals surface area contributed by atoms with Crippen LogP contribution in [0.15, 0.2) is 29.2 Å². The third-order valence-corrected chi connectivity index (χ3v) is 3.87. The van der Waals surface area contributed by atoms with E-state index in [1.807, 2.05) is 19.1 Å². The molecule has 1 N–H and O–H groups in total. The molecule has 4 heteroatoms. The monoisotopic (exact) mass is 265 g/mol. The Bertz CT molecular complexity index is 405. The van der Waals surface area contributed by atoms with E-state index >= 15 is 0 Å². The van der Waals surface area contributed by atoms with Crippen LogP contribution in [0.25, 0.3) is 0 Å². The van der Waals surface area contributed by atoms with Crippen molar-refractivity contribution in [2.45, 2.75) is 37.2 Å². The standard InChI is InChI=1S/C14H19NO2S/c1-2-17-14(16)10-18-13-6-4-3-5-11(13)9-15-12-7-8-12/h3-6,12,15H,2,7-10H2,1H3. The molecule has 1 fully saturated rings. The van der Waals surface area contributed by atoms with Crippen LogP contribution in [0.5, 0.6) is 0 Å². The van der Waals surface area contributed by atoms with E-state index in [1.165, 1.54) is 23.3 Å². The Balaban J connectivity index is 1.87. The van der Waals surface area contributed by atoms with Crippen LogP contribution in [0.2, 0.25) is 0 Å². The summed E-state index contributed by atoms with van der Waals surface area (Å²) in [5.41, 5.74) is 1.26. The van der Waals surface area contributed by atoms with Crippen LogP contribution >= 0.6 is 11.8 Å². The molecule has 1 aromatic rings. The molecule has 0 unspecified atom stereocenters. The van der Waals surface area contributed by atoms with Crippen molar-refractivity contribution in [3.8, 4) is 0 Å². The Hall–Kier alpha value is -1.00. The fourth-order valence-electron chi connectivity index (χ4n) is 1.67. The molecule has 0 spiro atoms. The maximum absolute atomic E-state index is 11.3. The second-order valence-electron chi connectivity index (χ2n) is 4.36. The molecule has 0 aromatic heterocycles. The van der Waals surface area contributed by atoms with Crippen LogP contribution in [0.1, 0.15) is 25.3 Å². The lowest BCUT2D eigenvalue weighted by atomic mass is 10.2. The summed E-state index contributed by atoms with van der Waals surface area (Å²) in [5, 5.41) is 3.50. The predicted octanol–water partition coefficient (Wildman–Crippen LogP) is 2.59. The topological polar surface area (TPSA) is 38.3 Å². The summed E-state index contributed by atoms with van der Waals surface area (Å²) in [4.78, 5) is 12.5. The molecule has 0 atom stereocenters. The molecule has 1 aromatic carbocycles. The second kappa shape index (κ2) is 6.81. The van der Waals surface area contributed by atoms with Crippen LogP contribution < -0.4 is 5.32 Å². The van der Waals surface area contributed by atoms with E-state index in [4.69, 9.17) is 4.74 Å². The number of benzene rings is 1. The first kappa shape index (κ1) is 13.4. The van der Waals surface area contributed by atoms with E-state index in [1.54, 1.807) is 11.8 Å². The first-order valence-electron chi connectivity index (χ1n) is 6.39. The molecule has 1 saturated carbocycles. The van der Waals surface area contributed by atoms with Crippen molar-refractivity contribution >= 4 is 17.7 Å². The van der Waals surface area contributed by atoms with Gasteiger partial charge in [-0.1, -0.05) is 18.2 Å². The molecule has 0 radical (unpaired) electrons. The number of hydrogen-bond donors (Lipinski definition) is 1. The van der Waals surface area contributed by atoms with Gasteiger partial charge in [0.25, 0.3) is 0 Å². The average Bonchev–Trinajstić information content (AvgIpc) is 3.19. The fraction of sp³-hybridized carbons (Fsp3) is 0.500. The van der Waals surface area contributed by atoms with Crippen molar-refractivity contribution in [1.29, 1.82) is 0 Å². The van der Waals surface area contributed by atoms with E-state index < -0.39 is 0 Å². The zero-order valence-corrected chi connectivity index (χ0v) is 11.5. The molecule has 0 aliphatic heterocycles. The second-order valence-corrected chi connectivity index (χ2v) is 5.37. The van der Waals surface area contributed by atoms with Crippen LogP contribution in [-0.4, -0.2) is 24.4 Å². The Kier molecular flexibility index (Phi) is 5.08. The normalized spacial score (nSPS) is 14.5. The van der Waals surface area contributed by atoms with Gasteiger partial charge in [0, 0.05) is 17.5 Å². The maximum atomic E-state index is 11.3. The van der Waals surface area contributed by atoms with E-state index in [2.05, 4.69) is 17.4 Å². The molecule has 98 valence electrons. The van der Waals surface area contributed by atoms with Crippen molar-refractivity contribution in [1.82, 2.24) is 5.32 Å². The van der Waals surface area contributed by atoms with Crippen molar-refractivity contribution in [3.63, 3.8) is 0 Å². The van der Waals surface area contributed by atoms with Gasteiger partial charge in [-0.3, -0.25) is 4.79 Å². The summed E-state index contributed by atoms with van der Waals surface area (Å²) in [6.07, 6.45) is 2.58. The largest absolute Gasteiger partial charge is 0.465 e. The summed E-state index contributed by atoms with van der Waals surface area (Å²) < 4.78 is 4.94. The number of carbonyl (C=O) groups is 1. The van der Waals surface area contributed by atoms with Crippen molar-refractivity contribution in [2.24, 2.45) is 0 Å². The minimum atomic E-state index is -0.146. The van der Waals surface area contributed by atoms with Gasteiger partial charge >= 0.3 is 5.97 Å². The first-order valence-corrected chi connectivity index (χ1v) is 7.38. The van der Waals surface area contributed by atoms with Crippen molar-refractivity contribution in [2.75, 3.05) is 12.4 Å². The van der Waals surface area contributed by atoms with Crippen molar-refractivity contribution in [3.05, 3.63) is 29.8 Å². The summed E-state index contributed by atoms with van der Waals surface area (Å²) in [7, 11) is 0. The molecule has 0 bridgehead atoms. The Morgan fingerprint density at radius 1 is 1.44 bits per heavy atom. The van der Waals surface area contributed by atoms with Crippen molar-refractivity contribution < 1.29 is 9.53 Å². The van der Waals surface area contributed by atoms with E-state index in [9.17, 15) is 4.79 Å². The lowest BCUT2D eigenvalue weighted by molar-refractivity contribution is -0.139. The summed E-state index contributed by atoms with van der Waals surface area (Å²) in [6, 6.07) is 8.93. The number of thioether (sulfide) groups is 1. The SMILES string of the molecule is CCOC(=O)CSc1ccccc1CNC1CC1. The molecule has 0 heterocycles. The summed E-state index contributed by atoms with van der Waals surface area (Å²) >= 11 is 1.55. The number of carbonyl (C=O) groups excluding carboxylic acids is 1. The zero-order valence-electron chi connectivity index (χ0n) is 10.6. The average molecular weight is 265 g/mol. The fourth-order valence-corrected chi connectivity index (χ4v) is 2.53. The van der Waals surface area contributed by atoms with Crippen LogP contribution in [0.4, 0.5) is 0 Å². The van der Waals surface area contributed by atoms with Gasteiger partial charge in [-0.2, -0.15) is 0 Å². The number of ether oxygens (including phenoxy) is 1. The number of esters is 1. The Morgan fingerprint density at radius 3 is 2.94 bits per heavy atom. The molecule has 1 aliphatic rings. The van der Waals surface area contributed by atoms with Gasteiger partial charge < -0.3 is 10.1 Å². The van der Waals surface area contributed by atoms with E-state index in [0.29, 0.717) is 18.4 Å². The Labute approximate surface area is 112 Å². The third kappa shape index (κ3) is 4.35. The molecular formula is C14H19NO2S. The summed E-state index contributed by atoms with van der Waals surface area (Å²) in [6.45, 7) is 3.16. The molecule has 18 heavy (non-hydrogen) atoms. The quantitative estimate of drug-likeness (QED) is 0.607. The molecule has 3 nitrogen and oxygen atoms in total. The summed E-state index contributed by atoms with van der Waals surface area (Å²) in [5.74, 6) is 0.237. The lowest BCUT2D eigenvalue weighted by Gasteiger charge is -2.09. The van der Waals surface area contributed by atoms with Gasteiger partial charge in [-0.15, -0.1) is 11.8 Å². The smallest absolute Gasteiger partial charge is 0.316 e. The number of hydrogen-bond acceptors (Lipinski definition) is 4. The van der Waals surface area contributed by atoms with Gasteiger partial charge in [0.05, 0.1) is 12.4 Å². The van der Waals surface area contributed by atoms with Crippen LogP contribution in [0, 0.1) is 0 Å². The molecule has 0 saturated heterocycles. The number of nitrogens with one attached hydrogen (secondary N) is 1. The Morgan fingerprint density at radius 2 is 2.22 bits per heavy atom. The molecule has 0 amide bonds. The lowest BCUT2D eigenvalue weighted by Crippen LogP contribution is -2.16. The van der Waals surface area contributed by atoms with Gasteiger partial charge in [-0.25, -0.2) is 0 Å². The minimum Gasteiger partial charge on any atom is -0.465 e. The highest BCUT2D eigenvalue weighted by Crippen LogP contribution is 2.24. The van der Waals surface area contributed by atoms with Gasteiger partial charge in [0.2, 0.25) is 0 Å². The minimum absolute atomic E-state index is 0.146. The van der Waals surface area contributed by atoms with E-state index in [0.717, 1.165) is 6.54 Å². The first-order chi connectivity index (χ1) is 8.79. The number of rotatable bonds is 7. The van der Waals surface area contributed by atoms with Crippen LogP contribution in [-0.2, 0) is 16.1 Å². The van der Waals surface area contributed by atoms with Crippen LogP contribution in [0.3, 0.4) is 0 Å². The predicted molar refractivity (Wildman–Crippen MR) is 73.7 cm³/mol. The highest BCUT2D eigenvalue weighted by molar-refractivity contribution is 8.00. The highest BCUT2D eigenvalue weighted by Gasteiger charge is 2.20. The van der Waals surface area contributed by atoms with Gasteiger partial charge in [-0.05, 0) is 31.4 Å². The highest BCUT2D eigenvalue weighted by atomic mass is 32.2. The zero-order chi connectivity index (χ0) is 12.8. The van der Waals surface area contributed by atoms with Gasteiger partial charge in [0.15, 0.2) is 0 Å². The molecular weight excluding hydrogens is 246 g/mol. The third-order valence-electron chi connectivity index (χ3n) is 2.78. The van der Waals surface area contributed by atoms with Gasteiger partial charge in [0.1, 0.15) is 0 Å². The molecule has 2 rings (SSSR count). The maximum Gasteiger partial charge on any atom is 0.316 e. The molecule has 1 aliphatic carbocycles. The van der Waals surface area contributed by atoms with E-state index in [-0.39, 0.29) is 5.97 Å².